The van der Waals surface area contributed by atoms with E-state index in [0.29, 0.717) is 12.8 Å². The number of hydrogen-bond donors (Lipinski definition) is 9. The van der Waals surface area contributed by atoms with Crippen molar-refractivity contribution in [2.45, 2.75) is 216 Å². The second-order valence-electron chi connectivity index (χ2n) is 14.7. The average Bonchev–Trinajstić information content (AvgIpc) is 3.11. The number of nitrogens with one attached hydrogen (secondary N) is 1. The van der Waals surface area contributed by atoms with Crippen molar-refractivity contribution in [3.05, 3.63) is 12.2 Å². The highest BCUT2D eigenvalue weighted by atomic mass is 31.2. The molecule has 1 saturated carbocycles. The van der Waals surface area contributed by atoms with Gasteiger partial charge in [0, 0.05) is 0 Å². The number of aliphatic hydroxyl groups excluding tert-OH is 7. The van der Waals surface area contributed by atoms with E-state index >= 15 is 0 Å². The van der Waals surface area contributed by atoms with Crippen LogP contribution in [0, 0.1) is 0 Å². The Balaban J connectivity index is 2.60. The largest absolute Gasteiger partial charge is 0.472 e. The monoisotopic (exact) mass is 767 g/mol. The molecule has 0 aromatic heterocycles. The summed E-state index contributed by atoms with van der Waals surface area (Å²) in [7, 11) is -5.12. The quantitative estimate of drug-likeness (QED) is 0.0248. The first-order valence-electron chi connectivity index (χ1n) is 20.2. The van der Waals surface area contributed by atoms with Crippen LogP contribution in [0.4, 0.5) is 0 Å². The molecule has 0 aliphatic heterocycles. The third-order valence-electron chi connectivity index (χ3n) is 9.87. The molecular formula is C38H74NO12P. The van der Waals surface area contributed by atoms with Crippen molar-refractivity contribution in [2.75, 3.05) is 6.61 Å². The van der Waals surface area contributed by atoms with Gasteiger partial charge in [0.25, 0.3) is 0 Å². The van der Waals surface area contributed by atoms with E-state index in [1.54, 1.807) is 6.08 Å². The fraction of sp³-hybridized carbons (Fsp3) is 0.921. The third kappa shape index (κ3) is 21.8. The smallest absolute Gasteiger partial charge is 0.393 e. The van der Waals surface area contributed by atoms with Crippen LogP contribution in [0.5, 0.6) is 0 Å². The molecule has 1 aliphatic carbocycles. The van der Waals surface area contributed by atoms with Crippen molar-refractivity contribution >= 4 is 13.7 Å². The Labute approximate surface area is 312 Å². The van der Waals surface area contributed by atoms with Crippen molar-refractivity contribution in [3.8, 4) is 0 Å². The van der Waals surface area contributed by atoms with Crippen molar-refractivity contribution in [2.24, 2.45) is 0 Å². The number of phosphoric ester groups is 1. The first-order valence-corrected chi connectivity index (χ1v) is 21.7. The summed E-state index contributed by atoms with van der Waals surface area (Å²) in [6.45, 7) is 3.66. The highest BCUT2D eigenvalue weighted by Crippen LogP contribution is 2.47. The summed E-state index contributed by atoms with van der Waals surface area (Å²) in [5, 5.41) is 74.0. The van der Waals surface area contributed by atoms with Gasteiger partial charge in [-0.2, -0.15) is 0 Å². The van der Waals surface area contributed by atoms with Gasteiger partial charge in [-0.25, -0.2) is 4.57 Å². The zero-order valence-electron chi connectivity index (χ0n) is 32.0. The standard InChI is InChI=1S/C38H74NO12P/c1-3-5-7-9-11-13-14-15-16-18-19-21-23-25-29(40)27-32(42)39-30(31(41)26-24-22-20-17-12-10-8-6-4-2)28-50-52(48,49)51-38-36(46)34(44)33(43)35(45)37(38)47/h24,26,29-31,33-38,40-41,43-47H,3-23,25,27-28H2,1-2H3,(H,39,42)(H,48,49)/b26-24+. The number of rotatable bonds is 32. The van der Waals surface area contributed by atoms with E-state index in [4.69, 9.17) is 9.05 Å². The number of carbonyl (C=O) groups is 1. The zero-order chi connectivity index (χ0) is 38.8. The van der Waals surface area contributed by atoms with Crippen LogP contribution in [0.25, 0.3) is 0 Å². The Kier molecular flexibility index (Phi) is 27.7. The van der Waals surface area contributed by atoms with Gasteiger partial charge in [-0.05, 0) is 19.3 Å². The van der Waals surface area contributed by atoms with Crippen LogP contribution >= 0.6 is 7.82 Å². The highest BCUT2D eigenvalue weighted by Gasteiger charge is 2.51. The van der Waals surface area contributed by atoms with Gasteiger partial charge < -0.3 is 46.0 Å². The Morgan fingerprint density at radius 3 is 1.58 bits per heavy atom. The fourth-order valence-corrected chi connectivity index (χ4v) is 7.44. The minimum absolute atomic E-state index is 0.241. The summed E-state index contributed by atoms with van der Waals surface area (Å²) < 4.78 is 22.7. The molecule has 0 spiro atoms. The molecule has 0 bridgehead atoms. The van der Waals surface area contributed by atoms with Crippen molar-refractivity contribution in [1.82, 2.24) is 5.32 Å². The van der Waals surface area contributed by atoms with Gasteiger partial charge >= 0.3 is 7.82 Å². The Bertz CT molecular complexity index is 958. The Morgan fingerprint density at radius 2 is 1.10 bits per heavy atom. The minimum Gasteiger partial charge on any atom is -0.393 e. The van der Waals surface area contributed by atoms with Crippen LogP contribution < -0.4 is 5.32 Å². The fourth-order valence-electron chi connectivity index (χ4n) is 6.47. The summed E-state index contributed by atoms with van der Waals surface area (Å²) in [6.07, 6.45) is 13.3. The Hall–Kier alpha value is -0.960. The van der Waals surface area contributed by atoms with Crippen LogP contribution in [0.2, 0.25) is 0 Å². The minimum atomic E-state index is -5.12. The van der Waals surface area contributed by atoms with Crippen molar-refractivity contribution < 1.29 is 59.0 Å². The summed E-state index contributed by atoms with van der Waals surface area (Å²) in [5.74, 6) is -0.595. The molecule has 1 amide bonds. The number of amides is 1. The molecule has 0 heterocycles. The molecule has 1 rings (SSSR count). The van der Waals surface area contributed by atoms with Crippen LogP contribution in [-0.4, -0.2) is 108 Å². The molecule has 0 aromatic rings. The molecule has 1 fully saturated rings. The number of phosphoric acid groups is 1. The molecule has 8 atom stereocenters. The predicted octanol–water partition coefficient (Wildman–Crippen LogP) is 5.08. The SMILES string of the molecule is CCCCCCCCC/C=C/C(O)C(COP(=O)(O)OC1C(O)C(O)C(O)C(O)C1O)NC(=O)CC(O)CCCCCCCCCCCCCCC. The molecule has 8 unspecified atom stereocenters. The first kappa shape index (κ1) is 49.1. The zero-order valence-corrected chi connectivity index (χ0v) is 32.9. The summed E-state index contributed by atoms with van der Waals surface area (Å²) in [6, 6.07) is -1.23. The topological polar surface area (TPSA) is 226 Å². The lowest BCUT2D eigenvalue weighted by molar-refractivity contribution is -0.220. The van der Waals surface area contributed by atoms with E-state index < -0.39 is 75.2 Å². The van der Waals surface area contributed by atoms with E-state index in [1.807, 2.05) is 0 Å². The molecule has 0 saturated heterocycles. The van der Waals surface area contributed by atoms with Gasteiger partial charge in [0.1, 0.15) is 36.6 Å². The number of allylic oxidation sites excluding steroid dienone is 1. The van der Waals surface area contributed by atoms with E-state index in [-0.39, 0.29) is 6.42 Å². The van der Waals surface area contributed by atoms with Gasteiger partial charge in [-0.15, -0.1) is 0 Å². The molecule has 1 aliphatic rings. The summed E-state index contributed by atoms with van der Waals surface area (Å²) in [4.78, 5) is 23.2. The molecule has 52 heavy (non-hydrogen) atoms. The van der Waals surface area contributed by atoms with E-state index in [9.17, 15) is 50.0 Å². The van der Waals surface area contributed by atoms with Crippen molar-refractivity contribution in [1.29, 1.82) is 0 Å². The molecule has 0 radical (unpaired) electrons. The number of carbonyl (C=O) groups excluding carboxylic acids is 1. The lowest BCUT2D eigenvalue weighted by Crippen LogP contribution is -2.64. The van der Waals surface area contributed by atoms with Crippen LogP contribution in [-0.2, 0) is 18.4 Å². The van der Waals surface area contributed by atoms with Crippen LogP contribution in [0.15, 0.2) is 12.2 Å². The molecule has 308 valence electrons. The van der Waals surface area contributed by atoms with Gasteiger partial charge in [0.15, 0.2) is 0 Å². The number of hydrogen-bond acceptors (Lipinski definition) is 11. The van der Waals surface area contributed by atoms with E-state index in [1.165, 1.54) is 89.5 Å². The number of aliphatic hydroxyl groups is 7. The van der Waals surface area contributed by atoms with E-state index in [0.717, 1.165) is 44.9 Å². The summed E-state index contributed by atoms with van der Waals surface area (Å²) >= 11 is 0. The van der Waals surface area contributed by atoms with Crippen LogP contribution in [0.3, 0.4) is 0 Å². The normalized spacial score (nSPS) is 25.2. The van der Waals surface area contributed by atoms with Gasteiger partial charge in [0.05, 0.1) is 31.3 Å². The molecule has 9 N–H and O–H groups in total. The highest BCUT2D eigenvalue weighted by molar-refractivity contribution is 7.47. The maximum absolute atomic E-state index is 12.9. The maximum Gasteiger partial charge on any atom is 0.472 e. The molecule has 0 aromatic carbocycles. The second-order valence-corrected chi connectivity index (χ2v) is 16.1. The van der Waals surface area contributed by atoms with Gasteiger partial charge in [-0.1, -0.05) is 148 Å². The number of unbranched alkanes of at least 4 members (excludes halogenated alkanes) is 19. The predicted molar refractivity (Wildman–Crippen MR) is 201 cm³/mol. The average molecular weight is 768 g/mol. The maximum atomic E-state index is 12.9. The molecular weight excluding hydrogens is 693 g/mol. The lowest BCUT2D eigenvalue weighted by atomic mass is 9.85. The van der Waals surface area contributed by atoms with Gasteiger partial charge in [-0.3, -0.25) is 13.8 Å². The van der Waals surface area contributed by atoms with Gasteiger partial charge in [0.2, 0.25) is 5.91 Å². The second kappa shape index (κ2) is 29.3. The lowest BCUT2D eigenvalue weighted by Gasteiger charge is -2.41. The molecule has 14 heteroatoms. The first-order chi connectivity index (χ1) is 24.8. The van der Waals surface area contributed by atoms with Crippen LogP contribution in [0.1, 0.15) is 162 Å². The summed E-state index contributed by atoms with van der Waals surface area (Å²) in [5.41, 5.74) is 0. The van der Waals surface area contributed by atoms with E-state index in [2.05, 4.69) is 19.2 Å². The van der Waals surface area contributed by atoms with Crippen molar-refractivity contribution in [3.63, 3.8) is 0 Å². The molecule has 13 nitrogen and oxygen atoms in total. The Morgan fingerprint density at radius 1 is 0.673 bits per heavy atom. The third-order valence-corrected chi connectivity index (χ3v) is 10.9.